The monoisotopic (exact) mass is 358 g/mol. The van der Waals surface area contributed by atoms with Crippen LogP contribution in [0.3, 0.4) is 0 Å². The molecule has 0 unspecified atom stereocenters. The predicted octanol–water partition coefficient (Wildman–Crippen LogP) is 4.03. The Hall–Kier alpha value is -1.35. The summed E-state index contributed by atoms with van der Waals surface area (Å²) in [6.45, 7) is 1.14. The molecule has 1 fully saturated rings. The number of hydrogen-bond acceptors (Lipinski definition) is 2. The van der Waals surface area contributed by atoms with Crippen molar-refractivity contribution in [2.24, 2.45) is 0 Å². The fraction of sp³-hybridized carbons (Fsp3) is 0.600. The van der Waals surface area contributed by atoms with Gasteiger partial charge in [0.1, 0.15) is 0 Å². The third-order valence-electron chi connectivity index (χ3n) is 3.97. The summed E-state index contributed by atoms with van der Waals surface area (Å²) in [6.07, 6.45) is -9.96. The van der Waals surface area contributed by atoms with Gasteiger partial charge in [-0.3, -0.25) is 9.29 Å². The van der Waals surface area contributed by atoms with E-state index < -0.39 is 36.2 Å². The van der Waals surface area contributed by atoms with Crippen LogP contribution in [-0.2, 0) is 12.4 Å². The first-order valence-electron chi connectivity index (χ1n) is 7.43. The van der Waals surface area contributed by atoms with Crippen molar-refractivity contribution in [1.82, 2.24) is 10.2 Å². The van der Waals surface area contributed by atoms with Crippen LogP contribution in [0.15, 0.2) is 18.2 Å². The molecule has 0 aromatic heterocycles. The number of benzene rings is 1. The zero-order valence-electron chi connectivity index (χ0n) is 12.6. The maximum absolute atomic E-state index is 13.0. The van der Waals surface area contributed by atoms with E-state index >= 15 is 0 Å². The number of rotatable bonds is 4. The average molecular weight is 358 g/mol. The maximum Gasteiger partial charge on any atom is 0.416 e. The Morgan fingerprint density at radius 3 is 1.83 bits per heavy atom. The van der Waals surface area contributed by atoms with Gasteiger partial charge in [-0.05, 0) is 30.2 Å². The second kappa shape index (κ2) is 7.26. The molecule has 0 bridgehead atoms. The number of piperazine rings is 1. The van der Waals surface area contributed by atoms with Crippen LogP contribution in [0, 0.1) is 0 Å². The summed E-state index contributed by atoms with van der Waals surface area (Å²) < 4.78 is 90.6. The van der Waals surface area contributed by atoms with E-state index in [1.54, 1.807) is 4.90 Å². The summed E-state index contributed by atoms with van der Waals surface area (Å²) in [5.41, 5.74) is -2.89. The van der Waals surface area contributed by atoms with Crippen LogP contribution in [0.1, 0.15) is 29.2 Å². The quantitative estimate of drug-likeness (QED) is 0.818. The molecule has 2 rings (SSSR count). The van der Waals surface area contributed by atoms with Gasteiger partial charge >= 0.3 is 12.4 Å². The highest BCUT2D eigenvalue weighted by molar-refractivity contribution is 5.35. The molecule has 1 aliphatic rings. The standard InChI is InChI=1S/C15H17F7N2/c16-2-1-13(24-5-3-23-4-6-24)10-7-11(14(17,18)19)9-12(8-10)15(20,21)22/h7-9,13,23H,1-6H2/t13-/m0/s1. The van der Waals surface area contributed by atoms with Crippen LogP contribution in [0.25, 0.3) is 0 Å². The lowest BCUT2D eigenvalue weighted by Gasteiger charge is -2.35. The summed E-state index contributed by atoms with van der Waals surface area (Å²) in [4.78, 5) is 1.71. The highest BCUT2D eigenvalue weighted by Crippen LogP contribution is 2.39. The molecule has 136 valence electrons. The van der Waals surface area contributed by atoms with E-state index in [0.717, 1.165) is 0 Å². The zero-order chi connectivity index (χ0) is 18.0. The number of halogens is 7. The highest BCUT2D eigenvalue weighted by Gasteiger charge is 2.38. The van der Waals surface area contributed by atoms with Crippen molar-refractivity contribution in [2.45, 2.75) is 24.8 Å². The molecular weight excluding hydrogens is 341 g/mol. The predicted molar refractivity (Wildman–Crippen MR) is 74.2 cm³/mol. The Kier molecular flexibility index (Phi) is 5.74. The first-order chi connectivity index (χ1) is 11.1. The summed E-state index contributed by atoms with van der Waals surface area (Å²) in [6, 6.07) is 0.656. The smallest absolute Gasteiger partial charge is 0.314 e. The van der Waals surface area contributed by atoms with Crippen molar-refractivity contribution in [2.75, 3.05) is 32.9 Å². The molecule has 24 heavy (non-hydrogen) atoms. The van der Waals surface area contributed by atoms with Gasteiger partial charge in [0, 0.05) is 32.2 Å². The van der Waals surface area contributed by atoms with Crippen molar-refractivity contribution in [1.29, 1.82) is 0 Å². The van der Waals surface area contributed by atoms with Gasteiger partial charge in [-0.15, -0.1) is 0 Å². The molecule has 1 aromatic carbocycles. The molecule has 0 aliphatic carbocycles. The topological polar surface area (TPSA) is 15.3 Å². The van der Waals surface area contributed by atoms with Crippen molar-refractivity contribution in [3.63, 3.8) is 0 Å². The molecule has 1 atom stereocenters. The minimum Gasteiger partial charge on any atom is -0.314 e. The van der Waals surface area contributed by atoms with Gasteiger partial charge < -0.3 is 5.32 Å². The highest BCUT2D eigenvalue weighted by atomic mass is 19.4. The van der Waals surface area contributed by atoms with E-state index in [0.29, 0.717) is 38.3 Å². The van der Waals surface area contributed by atoms with Gasteiger partial charge in [-0.2, -0.15) is 26.3 Å². The summed E-state index contributed by atoms with van der Waals surface area (Å²) in [5, 5.41) is 3.04. The van der Waals surface area contributed by atoms with Gasteiger partial charge in [0.2, 0.25) is 0 Å². The second-order valence-corrected chi connectivity index (χ2v) is 5.62. The van der Waals surface area contributed by atoms with E-state index in [1.807, 2.05) is 0 Å². The van der Waals surface area contributed by atoms with Gasteiger partial charge in [-0.25, -0.2) is 0 Å². The van der Waals surface area contributed by atoms with E-state index in [1.165, 1.54) is 0 Å². The Morgan fingerprint density at radius 2 is 1.42 bits per heavy atom. The van der Waals surface area contributed by atoms with E-state index in [4.69, 9.17) is 0 Å². The molecular formula is C15H17F7N2. The first kappa shape index (κ1) is 19.0. The fourth-order valence-electron chi connectivity index (χ4n) is 2.83. The molecule has 1 N–H and O–H groups in total. The van der Waals surface area contributed by atoms with E-state index in [-0.39, 0.29) is 18.1 Å². The Morgan fingerprint density at radius 1 is 0.917 bits per heavy atom. The molecule has 1 heterocycles. The molecule has 9 heteroatoms. The third kappa shape index (κ3) is 4.60. The molecule has 0 amide bonds. The largest absolute Gasteiger partial charge is 0.416 e. The van der Waals surface area contributed by atoms with Crippen molar-refractivity contribution < 1.29 is 30.7 Å². The summed E-state index contributed by atoms with van der Waals surface area (Å²) in [7, 11) is 0. The number of nitrogens with zero attached hydrogens (tertiary/aromatic N) is 1. The van der Waals surface area contributed by atoms with Gasteiger partial charge in [0.05, 0.1) is 17.8 Å². The molecule has 0 spiro atoms. The Balaban J connectivity index is 2.48. The van der Waals surface area contributed by atoms with Crippen LogP contribution in [0.2, 0.25) is 0 Å². The number of alkyl halides is 7. The summed E-state index contributed by atoms with van der Waals surface area (Å²) >= 11 is 0. The zero-order valence-corrected chi connectivity index (χ0v) is 12.6. The van der Waals surface area contributed by atoms with Crippen LogP contribution in [-0.4, -0.2) is 37.8 Å². The van der Waals surface area contributed by atoms with Crippen LogP contribution in [0.4, 0.5) is 30.7 Å². The molecule has 1 saturated heterocycles. The van der Waals surface area contributed by atoms with E-state index in [2.05, 4.69) is 5.32 Å². The number of nitrogens with one attached hydrogen (secondary N) is 1. The Labute approximate surface area is 134 Å². The van der Waals surface area contributed by atoms with Gasteiger partial charge in [0.25, 0.3) is 0 Å². The van der Waals surface area contributed by atoms with Crippen molar-refractivity contribution in [3.05, 3.63) is 34.9 Å². The molecule has 0 saturated carbocycles. The molecule has 2 nitrogen and oxygen atoms in total. The normalized spacial score (nSPS) is 18.6. The molecule has 1 aliphatic heterocycles. The maximum atomic E-state index is 13.0. The van der Waals surface area contributed by atoms with Crippen LogP contribution >= 0.6 is 0 Å². The minimum atomic E-state index is -4.90. The third-order valence-corrected chi connectivity index (χ3v) is 3.97. The lowest BCUT2D eigenvalue weighted by molar-refractivity contribution is -0.143. The number of hydrogen-bond donors (Lipinski definition) is 1. The summed E-state index contributed by atoms with van der Waals surface area (Å²) in [5.74, 6) is 0. The van der Waals surface area contributed by atoms with Crippen LogP contribution < -0.4 is 5.32 Å². The molecule has 0 radical (unpaired) electrons. The first-order valence-corrected chi connectivity index (χ1v) is 7.43. The van der Waals surface area contributed by atoms with Crippen LogP contribution in [0.5, 0.6) is 0 Å². The lowest BCUT2D eigenvalue weighted by Crippen LogP contribution is -2.45. The van der Waals surface area contributed by atoms with Crippen molar-refractivity contribution in [3.8, 4) is 0 Å². The van der Waals surface area contributed by atoms with E-state index in [9.17, 15) is 30.7 Å². The molecule has 1 aromatic rings. The lowest BCUT2D eigenvalue weighted by atomic mass is 9.96. The SMILES string of the molecule is FCC[C@@H](c1cc(C(F)(F)F)cc(C(F)(F)F)c1)N1CCNCC1. The second-order valence-electron chi connectivity index (χ2n) is 5.62. The Bertz CT molecular complexity index is 515. The average Bonchev–Trinajstić information content (AvgIpc) is 2.51. The van der Waals surface area contributed by atoms with Gasteiger partial charge in [0.15, 0.2) is 0 Å². The van der Waals surface area contributed by atoms with Crippen molar-refractivity contribution >= 4 is 0 Å². The van der Waals surface area contributed by atoms with Gasteiger partial charge in [-0.1, -0.05) is 0 Å². The fourth-order valence-corrected chi connectivity index (χ4v) is 2.83. The minimum absolute atomic E-state index is 0.0910.